The maximum atomic E-state index is 11.7. The maximum Gasteiger partial charge on any atom is 0.328 e. The molecular weight excluding hydrogens is 478 g/mol. The lowest BCUT2D eigenvalue weighted by Gasteiger charge is -2.27. The Hall–Kier alpha value is -3.97. The number of ether oxygens (including phenoxy) is 2. The monoisotopic (exact) mass is 509 g/mol. The van der Waals surface area contributed by atoms with Crippen molar-refractivity contribution in [3.63, 3.8) is 0 Å². The molecule has 0 aliphatic heterocycles. The van der Waals surface area contributed by atoms with Gasteiger partial charge in [0.25, 0.3) is 0 Å². The minimum atomic E-state index is -0.996. The molecule has 0 amide bonds. The molecule has 0 fully saturated rings. The Morgan fingerprint density at radius 3 is 2.43 bits per heavy atom. The highest BCUT2D eigenvalue weighted by atomic mass is 16.7. The summed E-state index contributed by atoms with van der Waals surface area (Å²) in [7, 11) is 3.21. The fourth-order valence-electron chi connectivity index (χ4n) is 4.31. The number of tetrazole rings is 1. The summed E-state index contributed by atoms with van der Waals surface area (Å²) in [6, 6.07) is 10.5. The molecule has 37 heavy (non-hydrogen) atoms. The van der Waals surface area contributed by atoms with Crippen LogP contribution < -0.4 is 0 Å². The molecule has 3 heterocycles. The van der Waals surface area contributed by atoms with E-state index in [1.54, 1.807) is 20.3 Å². The number of methoxy groups -OCH3 is 2. The van der Waals surface area contributed by atoms with Gasteiger partial charge in [0.05, 0.1) is 6.54 Å². The summed E-state index contributed by atoms with van der Waals surface area (Å²) < 4.78 is 14.8. The third-order valence-electron chi connectivity index (χ3n) is 6.24. The first kappa shape index (κ1) is 26.1. The van der Waals surface area contributed by atoms with Gasteiger partial charge in [-0.15, -0.1) is 10.2 Å². The summed E-state index contributed by atoms with van der Waals surface area (Å²) in [4.78, 5) is 16.0. The van der Waals surface area contributed by atoms with Gasteiger partial charge < -0.3 is 19.6 Å². The quantitative estimate of drug-likeness (QED) is 0.161. The lowest BCUT2D eigenvalue weighted by molar-refractivity contribution is -0.390. The van der Waals surface area contributed by atoms with Gasteiger partial charge in [-0.2, -0.15) is 4.57 Å². The molecule has 0 saturated heterocycles. The molecule has 0 saturated carbocycles. The first-order chi connectivity index (χ1) is 18.0. The molecule has 0 atom stereocenters. The van der Waals surface area contributed by atoms with Crippen LogP contribution in [0.15, 0.2) is 36.4 Å². The normalized spacial score (nSPS) is 11.8. The van der Waals surface area contributed by atoms with Crippen LogP contribution in [0.1, 0.15) is 56.7 Å². The first-order valence-electron chi connectivity index (χ1n) is 12.2. The third-order valence-corrected chi connectivity index (χ3v) is 6.24. The third kappa shape index (κ3) is 5.27. The molecule has 0 spiro atoms. The molecule has 13 nitrogen and oxygen atoms in total. The summed E-state index contributed by atoms with van der Waals surface area (Å²) in [5.74, 6) is 0.615. The Morgan fingerprint density at radius 2 is 1.84 bits per heavy atom. The molecule has 0 aliphatic carbocycles. The van der Waals surface area contributed by atoms with Gasteiger partial charge in [0.15, 0.2) is 5.69 Å². The molecule has 3 aromatic heterocycles. The van der Waals surface area contributed by atoms with Gasteiger partial charge in [-0.25, -0.2) is 14.8 Å². The van der Waals surface area contributed by atoms with Crippen molar-refractivity contribution in [1.29, 1.82) is 0 Å². The number of rotatable bonds is 13. The van der Waals surface area contributed by atoms with E-state index in [2.05, 4.69) is 34.5 Å². The van der Waals surface area contributed by atoms with E-state index in [1.165, 1.54) is 10.6 Å². The van der Waals surface area contributed by atoms with Crippen molar-refractivity contribution >= 4 is 5.82 Å². The average Bonchev–Trinajstić information content (AvgIpc) is 3.66. The Bertz CT molecular complexity index is 1310. The lowest BCUT2D eigenvalue weighted by Crippen LogP contribution is -2.32. The van der Waals surface area contributed by atoms with Crippen LogP contribution in [0.4, 0.5) is 5.82 Å². The number of nitrogens with one attached hydrogen (secondary N) is 1. The van der Waals surface area contributed by atoms with E-state index in [-0.39, 0.29) is 5.82 Å². The molecular formula is C24H31N9O4. The summed E-state index contributed by atoms with van der Waals surface area (Å²) >= 11 is 0. The second-order valence-corrected chi connectivity index (χ2v) is 8.61. The standard InChI is InChI=1S/C24H31N9O4/c1-5-7-8-20-25-23(24(36-3,37-4)15-6-2)28-31(20)16-17-9-11-18(12-10-17)32-19(22-26-29-30-27-22)13-14-21(32)33(34)35/h9-14H,5-8,15-16H2,1-4H3,(H,26,27,29,30). The van der Waals surface area contributed by atoms with Gasteiger partial charge >= 0.3 is 5.82 Å². The molecule has 0 bridgehead atoms. The van der Waals surface area contributed by atoms with Crippen LogP contribution in [0.5, 0.6) is 0 Å². The van der Waals surface area contributed by atoms with Gasteiger partial charge in [-0.1, -0.05) is 38.8 Å². The summed E-state index contributed by atoms with van der Waals surface area (Å²) in [6.45, 7) is 4.67. The van der Waals surface area contributed by atoms with Crippen molar-refractivity contribution < 1.29 is 14.4 Å². The summed E-state index contributed by atoms with van der Waals surface area (Å²) in [5.41, 5.74) is 2.06. The van der Waals surface area contributed by atoms with E-state index < -0.39 is 10.7 Å². The largest absolute Gasteiger partial charge is 0.358 e. The first-order valence-corrected chi connectivity index (χ1v) is 12.2. The van der Waals surface area contributed by atoms with Crippen molar-refractivity contribution in [2.45, 2.75) is 58.3 Å². The maximum absolute atomic E-state index is 11.7. The number of aromatic nitrogens is 8. The van der Waals surface area contributed by atoms with E-state index in [4.69, 9.17) is 19.6 Å². The van der Waals surface area contributed by atoms with Gasteiger partial charge in [0.1, 0.15) is 11.5 Å². The van der Waals surface area contributed by atoms with E-state index in [1.807, 2.05) is 28.9 Å². The molecule has 0 radical (unpaired) electrons. The van der Waals surface area contributed by atoms with E-state index in [0.29, 0.717) is 36.0 Å². The number of nitro groups is 1. The van der Waals surface area contributed by atoms with E-state index >= 15 is 0 Å². The predicted octanol–water partition coefficient (Wildman–Crippen LogP) is 3.79. The van der Waals surface area contributed by atoms with Crippen LogP contribution in [0.25, 0.3) is 17.2 Å². The van der Waals surface area contributed by atoms with Crippen LogP contribution in [0.3, 0.4) is 0 Å². The smallest absolute Gasteiger partial charge is 0.328 e. The van der Waals surface area contributed by atoms with Crippen LogP contribution in [0.2, 0.25) is 0 Å². The number of benzene rings is 1. The zero-order valence-electron chi connectivity index (χ0n) is 21.4. The zero-order chi connectivity index (χ0) is 26.4. The number of hydrogen-bond donors (Lipinski definition) is 1. The van der Waals surface area contributed by atoms with Crippen molar-refractivity contribution in [3.05, 3.63) is 63.7 Å². The zero-order valence-corrected chi connectivity index (χ0v) is 21.4. The number of hydrogen-bond acceptors (Lipinski definition) is 9. The minimum Gasteiger partial charge on any atom is -0.358 e. The van der Waals surface area contributed by atoms with E-state index in [9.17, 15) is 10.1 Å². The van der Waals surface area contributed by atoms with Gasteiger partial charge in [0.2, 0.25) is 17.4 Å². The summed E-state index contributed by atoms with van der Waals surface area (Å²) in [6.07, 6.45) is 4.27. The lowest BCUT2D eigenvalue weighted by atomic mass is 10.1. The van der Waals surface area contributed by atoms with Crippen LogP contribution in [0, 0.1) is 10.1 Å². The number of H-pyrrole nitrogens is 1. The Morgan fingerprint density at radius 1 is 1.08 bits per heavy atom. The number of aryl methyl sites for hydroxylation is 1. The molecule has 13 heteroatoms. The fraction of sp³-hybridized carbons (Fsp3) is 0.458. The number of nitrogens with zero attached hydrogens (tertiary/aromatic N) is 8. The van der Waals surface area contributed by atoms with Crippen molar-refractivity contribution in [1.82, 2.24) is 40.0 Å². The summed E-state index contributed by atoms with van der Waals surface area (Å²) in [5, 5.41) is 30.2. The number of aromatic amines is 1. The van der Waals surface area contributed by atoms with Gasteiger partial charge in [0, 0.05) is 33.1 Å². The molecule has 4 rings (SSSR count). The van der Waals surface area contributed by atoms with Crippen molar-refractivity contribution in [2.75, 3.05) is 14.2 Å². The molecule has 0 unspecified atom stereocenters. The van der Waals surface area contributed by atoms with Crippen LogP contribution in [-0.2, 0) is 28.2 Å². The van der Waals surface area contributed by atoms with Crippen molar-refractivity contribution in [2.24, 2.45) is 0 Å². The minimum absolute atomic E-state index is 0.0895. The molecule has 196 valence electrons. The average molecular weight is 510 g/mol. The molecule has 1 N–H and O–H groups in total. The highest BCUT2D eigenvalue weighted by Gasteiger charge is 2.36. The van der Waals surface area contributed by atoms with E-state index in [0.717, 1.165) is 37.1 Å². The van der Waals surface area contributed by atoms with Crippen LogP contribution >= 0.6 is 0 Å². The Balaban J connectivity index is 1.66. The topological polar surface area (TPSA) is 152 Å². The highest BCUT2D eigenvalue weighted by molar-refractivity contribution is 5.60. The molecule has 1 aromatic carbocycles. The van der Waals surface area contributed by atoms with Crippen LogP contribution in [-0.4, -0.2) is 59.1 Å². The van der Waals surface area contributed by atoms with Crippen molar-refractivity contribution in [3.8, 4) is 17.2 Å². The van der Waals surface area contributed by atoms with Gasteiger partial charge in [-0.05, 0) is 45.5 Å². The second kappa shape index (κ2) is 11.4. The molecule has 4 aromatic rings. The Kier molecular flexibility index (Phi) is 8.04. The Labute approximate surface area is 214 Å². The second-order valence-electron chi connectivity index (χ2n) is 8.61. The highest BCUT2D eigenvalue weighted by Crippen LogP contribution is 2.30. The predicted molar refractivity (Wildman–Crippen MR) is 134 cm³/mol. The fourth-order valence-corrected chi connectivity index (χ4v) is 4.31. The van der Waals surface area contributed by atoms with Gasteiger partial charge in [-0.3, -0.25) is 0 Å². The number of unbranched alkanes of at least 4 members (excludes halogenated alkanes) is 1. The molecule has 0 aliphatic rings. The SMILES string of the molecule is CCCCc1nc(C(CCC)(OC)OC)nn1Cc1ccc(-n2c(-c3nnn[nH]3)ccc2[N+](=O)[O-])cc1.